The zero-order valence-electron chi connectivity index (χ0n) is 8.49. The predicted octanol–water partition coefficient (Wildman–Crippen LogP) is 0.566. The Hall–Kier alpha value is -1.59. The van der Waals surface area contributed by atoms with Gasteiger partial charge in [0.05, 0.1) is 13.7 Å². The number of nitrogens with zero attached hydrogens (tertiary/aromatic N) is 1. The molecule has 0 heterocycles. The van der Waals surface area contributed by atoms with Gasteiger partial charge in [0.25, 0.3) is 0 Å². The maximum absolute atomic E-state index is 11.1. The Balaban J connectivity index is 4.54. The topological polar surface area (TPSA) is 81.0 Å². The molecule has 1 N–H and O–H groups in total. The van der Waals surface area contributed by atoms with Gasteiger partial charge in [-0.15, -0.1) is 0 Å². The van der Waals surface area contributed by atoms with E-state index in [0.717, 1.165) is 0 Å². The van der Waals surface area contributed by atoms with E-state index in [1.165, 1.54) is 7.11 Å². The molecule has 0 rings (SSSR count). The van der Waals surface area contributed by atoms with Crippen LogP contribution in [0.15, 0.2) is 5.16 Å². The first kappa shape index (κ1) is 12.4. The largest absolute Gasteiger partial charge is 0.477 e. The van der Waals surface area contributed by atoms with Crippen LogP contribution in [0, 0.1) is 5.41 Å². The van der Waals surface area contributed by atoms with Crippen LogP contribution in [0.3, 0.4) is 0 Å². The molecule has 0 radical (unpaired) electrons. The Kier molecular flexibility index (Phi) is 6.09. The number of rotatable bonds is 5. The number of hydrogen-bond donors (Lipinski definition) is 1. The predicted molar refractivity (Wildman–Crippen MR) is 50.4 cm³/mol. The van der Waals surface area contributed by atoms with E-state index < -0.39 is 5.97 Å². The molecular formula is C8H14N2O4. The van der Waals surface area contributed by atoms with Gasteiger partial charge < -0.3 is 14.3 Å². The molecule has 80 valence electrons. The highest BCUT2D eigenvalue weighted by Gasteiger charge is 2.20. The number of nitrogens with one attached hydrogen (secondary N) is 1. The molecule has 0 fully saturated rings. The van der Waals surface area contributed by atoms with Crippen molar-refractivity contribution >= 4 is 17.6 Å². The molecule has 0 spiro atoms. The van der Waals surface area contributed by atoms with Crippen LogP contribution in [0.4, 0.5) is 0 Å². The van der Waals surface area contributed by atoms with Gasteiger partial charge in [-0.3, -0.25) is 5.41 Å². The van der Waals surface area contributed by atoms with Crippen molar-refractivity contribution in [2.45, 2.75) is 13.8 Å². The number of carbonyl (C=O) groups excluding carboxylic acids is 1. The number of esters is 1. The Morgan fingerprint density at radius 2 is 2.00 bits per heavy atom. The fourth-order valence-electron chi connectivity index (χ4n) is 0.610. The third-order valence-electron chi connectivity index (χ3n) is 1.17. The van der Waals surface area contributed by atoms with E-state index in [1.807, 2.05) is 0 Å². The van der Waals surface area contributed by atoms with Gasteiger partial charge in [-0.1, -0.05) is 5.16 Å². The molecule has 0 amide bonds. The van der Waals surface area contributed by atoms with Gasteiger partial charge in [-0.05, 0) is 13.8 Å². The number of methoxy groups -OCH3 is 1. The molecule has 0 saturated carbocycles. The second kappa shape index (κ2) is 6.88. The summed E-state index contributed by atoms with van der Waals surface area (Å²) < 4.78 is 9.20. The first-order valence-corrected chi connectivity index (χ1v) is 4.17. The third-order valence-corrected chi connectivity index (χ3v) is 1.17. The normalized spacial score (nSPS) is 10.6. The molecule has 0 atom stereocenters. The summed E-state index contributed by atoms with van der Waals surface area (Å²) in [6.45, 7) is 3.99. The lowest BCUT2D eigenvalue weighted by Gasteiger charge is -2.05. The van der Waals surface area contributed by atoms with E-state index in [1.54, 1.807) is 13.8 Å². The Labute approximate surface area is 82.3 Å². The summed E-state index contributed by atoms with van der Waals surface area (Å²) in [6.07, 6.45) is 0. The molecule has 0 aromatic carbocycles. The summed E-state index contributed by atoms with van der Waals surface area (Å²) in [4.78, 5) is 15.7. The molecule has 0 unspecified atom stereocenters. The Morgan fingerprint density at radius 1 is 1.36 bits per heavy atom. The summed E-state index contributed by atoms with van der Waals surface area (Å²) in [5, 5.41) is 10.7. The lowest BCUT2D eigenvalue weighted by Crippen LogP contribution is -2.27. The smallest absolute Gasteiger partial charge is 0.365 e. The number of ether oxygens (including phenoxy) is 2. The molecule has 0 aliphatic carbocycles. The lowest BCUT2D eigenvalue weighted by molar-refractivity contribution is -0.132. The molecule has 0 aliphatic heterocycles. The Morgan fingerprint density at radius 3 is 2.43 bits per heavy atom. The average molecular weight is 202 g/mol. The Bertz CT molecular complexity index is 237. The van der Waals surface area contributed by atoms with Crippen molar-refractivity contribution in [3.8, 4) is 0 Å². The van der Waals surface area contributed by atoms with Crippen molar-refractivity contribution in [1.29, 1.82) is 5.41 Å². The quantitative estimate of drug-likeness (QED) is 0.306. The molecule has 0 aromatic heterocycles. The van der Waals surface area contributed by atoms with Crippen molar-refractivity contribution < 1.29 is 19.1 Å². The molecule has 0 aromatic rings. The maximum atomic E-state index is 11.1. The van der Waals surface area contributed by atoms with Gasteiger partial charge in [0.15, 0.2) is 0 Å². The van der Waals surface area contributed by atoms with Gasteiger partial charge in [0, 0.05) is 0 Å². The van der Waals surface area contributed by atoms with Gasteiger partial charge in [-0.2, -0.15) is 0 Å². The summed E-state index contributed by atoms with van der Waals surface area (Å²) >= 11 is 0. The van der Waals surface area contributed by atoms with Crippen LogP contribution in [0.5, 0.6) is 0 Å². The van der Waals surface area contributed by atoms with Crippen LogP contribution >= 0.6 is 0 Å². The van der Waals surface area contributed by atoms with E-state index in [-0.39, 0.29) is 18.2 Å². The van der Waals surface area contributed by atoms with E-state index in [9.17, 15) is 4.79 Å². The minimum atomic E-state index is -0.753. The zero-order valence-corrected chi connectivity index (χ0v) is 8.49. The van der Waals surface area contributed by atoms with Gasteiger partial charge in [0.1, 0.15) is 6.61 Å². The van der Waals surface area contributed by atoms with Crippen LogP contribution in [0.1, 0.15) is 13.8 Å². The second-order valence-electron chi connectivity index (χ2n) is 2.11. The highest BCUT2D eigenvalue weighted by atomic mass is 16.6. The fourth-order valence-corrected chi connectivity index (χ4v) is 0.610. The van der Waals surface area contributed by atoms with Crippen LogP contribution < -0.4 is 0 Å². The SMILES string of the molecule is CCO/N=C(/C(=N)OCC)C(=O)OC. The molecule has 14 heavy (non-hydrogen) atoms. The molecule has 0 bridgehead atoms. The van der Waals surface area contributed by atoms with Crippen molar-refractivity contribution in [3.63, 3.8) is 0 Å². The minimum absolute atomic E-state index is 0.267. The standard InChI is InChI=1S/C8H14N2O4/c1-4-13-7(9)6(8(11)12-3)10-14-5-2/h9H,4-5H2,1-3H3/b9-7?,10-6-. The van der Waals surface area contributed by atoms with Crippen LogP contribution in [0.25, 0.3) is 0 Å². The van der Waals surface area contributed by atoms with E-state index in [4.69, 9.17) is 10.1 Å². The molecule has 6 heteroatoms. The summed E-state index contributed by atoms with van der Waals surface area (Å²) in [5.41, 5.74) is -0.267. The first-order chi connectivity index (χ1) is 6.67. The fraction of sp³-hybridized carbons (Fsp3) is 0.625. The summed E-state index contributed by atoms with van der Waals surface area (Å²) in [7, 11) is 1.20. The van der Waals surface area contributed by atoms with Crippen molar-refractivity contribution in [3.05, 3.63) is 0 Å². The molecular weight excluding hydrogens is 188 g/mol. The number of carbonyl (C=O) groups is 1. The van der Waals surface area contributed by atoms with E-state index in [2.05, 4.69) is 14.7 Å². The average Bonchev–Trinajstić information content (AvgIpc) is 2.18. The van der Waals surface area contributed by atoms with Gasteiger partial charge >= 0.3 is 5.97 Å². The zero-order chi connectivity index (χ0) is 11.0. The van der Waals surface area contributed by atoms with Gasteiger partial charge in [-0.25, -0.2) is 4.79 Å². The van der Waals surface area contributed by atoms with E-state index >= 15 is 0 Å². The summed E-state index contributed by atoms with van der Waals surface area (Å²) in [5.74, 6) is -1.11. The first-order valence-electron chi connectivity index (χ1n) is 4.17. The van der Waals surface area contributed by atoms with Crippen molar-refractivity contribution in [2.75, 3.05) is 20.3 Å². The number of oxime groups is 1. The summed E-state index contributed by atoms with van der Waals surface area (Å²) in [6, 6.07) is 0. The van der Waals surface area contributed by atoms with Crippen LogP contribution in [0.2, 0.25) is 0 Å². The van der Waals surface area contributed by atoms with Crippen molar-refractivity contribution in [1.82, 2.24) is 0 Å². The highest BCUT2D eigenvalue weighted by molar-refractivity contribution is 6.63. The van der Waals surface area contributed by atoms with Gasteiger partial charge in [0.2, 0.25) is 11.6 Å². The molecule has 0 aliphatic rings. The van der Waals surface area contributed by atoms with Crippen LogP contribution in [-0.4, -0.2) is 37.9 Å². The van der Waals surface area contributed by atoms with Crippen LogP contribution in [-0.2, 0) is 19.1 Å². The highest BCUT2D eigenvalue weighted by Crippen LogP contribution is 1.91. The van der Waals surface area contributed by atoms with Crippen molar-refractivity contribution in [2.24, 2.45) is 5.16 Å². The third kappa shape index (κ3) is 3.88. The molecule has 6 nitrogen and oxygen atoms in total. The minimum Gasteiger partial charge on any atom is -0.477 e. The lowest BCUT2D eigenvalue weighted by atomic mass is 10.4. The number of hydrogen-bond acceptors (Lipinski definition) is 6. The molecule has 0 saturated heterocycles. The second-order valence-corrected chi connectivity index (χ2v) is 2.11. The monoisotopic (exact) mass is 202 g/mol. The maximum Gasteiger partial charge on any atom is 0.365 e. The van der Waals surface area contributed by atoms with E-state index in [0.29, 0.717) is 6.61 Å².